The van der Waals surface area contributed by atoms with E-state index in [4.69, 9.17) is 21.1 Å². The Hall–Kier alpha value is -3.58. The number of hydrogen-bond acceptors (Lipinski definition) is 6. The summed E-state index contributed by atoms with van der Waals surface area (Å²) in [4.78, 5) is 23.7. The summed E-state index contributed by atoms with van der Waals surface area (Å²) in [7, 11) is 3.01. The first-order chi connectivity index (χ1) is 16.4. The van der Waals surface area contributed by atoms with Gasteiger partial charge in [-0.1, -0.05) is 23.7 Å². The summed E-state index contributed by atoms with van der Waals surface area (Å²) in [6, 6.07) is 9.95. The third-order valence-electron chi connectivity index (χ3n) is 6.50. The lowest BCUT2D eigenvalue weighted by atomic mass is 9.88. The fraction of sp³-hybridized carbons (Fsp3) is 0.269. The number of anilines is 2. The molecule has 1 aliphatic heterocycles. The topological polar surface area (TPSA) is 69.5 Å². The zero-order chi connectivity index (χ0) is 24.0. The molecule has 7 nitrogen and oxygen atoms in total. The van der Waals surface area contributed by atoms with Gasteiger partial charge < -0.3 is 18.9 Å². The van der Waals surface area contributed by atoms with E-state index in [-0.39, 0.29) is 12.4 Å². The second-order valence-electron chi connectivity index (χ2n) is 8.36. The number of aromatic nitrogens is 3. The Balaban J connectivity index is 1.82. The van der Waals surface area contributed by atoms with Crippen molar-refractivity contribution in [2.24, 2.45) is 0 Å². The second-order valence-corrected chi connectivity index (χ2v) is 8.80. The van der Waals surface area contributed by atoms with Crippen LogP contribution in [-0.2, 0) is 22.5 Å². The Morgan fingerprint density at radius 1 is 1.09 bits per heavy atom. The number of carbonyl (C=O) groups excluding carboxylic acids is 1. The summed E-state index contributed by atoms with van der Waals surface area (Å²) in [5, 5.41) is 1.75. The minimum Gasteiger partial charge on any atom is -0.494 e. The van der Waals surface area contributed by atoms with Crippen molar-refractivity contribution in [1.29, 1.82) is 0 Å². The largest absolute Gasteiger partial charge is 0.494 e. The average Bonchev–Trinajstić information content (AvgIpc) is 3.19. The Bertz CT molecular complexity index is 1400. The summed E-state index contributed by atoms with van der Waals surface area (Å²) in [6.07, 6.45) is 3.50. The highest BCUT2D eigenvalue weighted by atomic mass is 35.5. The molecule has 0 amide bonds. The van der Waals surface area contributed by atoms with E-state index in [1.807, 2.05) is 24.3 Å². The monoisotopic (exact) mass is 476 g/mol. The summed E-state index contributed by atoms with van der Waals surface area (Å²) < 4.78 is 12.6. The van der Waals surface area contributed by atoms with Gasteiger partial charge in [-0.15, -0.1) is 0 Å². The van der Waals surface area contributed by atoms with E-state index >= 15 is 0 Å². The van der Waals surface area contributed by atoms with E-state index in [0.29, 0.717) is 23.3 Å². The van der Waals surface area contributed by atoms with E-state index in [2.05, 4.69) is 39.3 Å². The van der Waals surface area contributed by atoms with Gasteiger partial charge in [-0.25, -0.2) is 9.97 Å². The first kappa shape index (κ1) is 22.2. The van der Waals surface area contributed by atoms with Crippen LogP contribution in [-0.4, -0.2) is 41.3 Å². The van der Waals surface area contributed by atoms with Crippen molar-refractivity contribution < 1.29 is 14.3 Å². The smallest absolute Gasteiger partial charge is 0.310 e. The molecule has 8 heteroatoms. The van der Waals surface area contributed by atoms with Gasteiger partial charge in [0.25, 0.3) is 0 Å². The van der Waals surface area contributed by atoms with E-state index < -0.39 is 0 Å². The number of benzene rings is 2. The third kappa shape index (κ3) is 3.56. The predicted octanol–water partition coefficient (Wildman–Crippen LogP) is 5.24. The van der Waals surface area contributed by atoms with Crippen molar-refractivity contribution >= 4 is 40.1 Å². The third-order valence-corrected chi connectivity index (χ3v) is 6.75. The van der Waals surface area contributed by atoms with Crippen molar-refractivity contribution in [3.8, 4) is 16.9 Å². The van der Waals surface area contributed by atoms with Crippen LogP contribution in [0.5, 0.6) is 5.75 Å². The normalized spacial score (nSPS) is 12.8. The van der Waals surface area contributed by atoms with Crippen LogP contribution in [0, 0.1) is 13.8 Å². The molecule has 0 aliphatic carbocycles. The van der Waals surface area contributed by atoms with E-state index in [0.717, 1.165) is 51.1 Å². The van der Waals surface area contributed by atoms with Crippen molar-refractivity contribution in [3.05, 3.63) is 64.6 Å². The Morgan fingerprint density at radius 2 is 1.79 bits per heavy atom. The predicted molar refractivity (Wildman–Crippen MR) is 133 cm³/mol. The molecule has 0 radical (unpaired) electrons. The maximum Gasteiger partial charge on any atom is 0.310 e. The number of nitrogens with zero attached hydrogens (tertiary/aromatic N) is 4. The quantitative estimate of drug-likeness (QED) is 0.367. The number of aryl methyl sites for hydroxylation is 1. The van der Waals surface area contributed by atoms with Gasteiger partial charge in [0, 0.05) is 29.2 Å². The summed E-state index contributed by atoms with van der Waals surface area (Å²) in [5.74, 6) is 0.911. The molecule has 0 saturated carbocycles. The molecule has 0 saturated heterocycles. The number of halogens is 1. The van der Waals surface area contributed by atoms with Crippen LogP contribution < -0.4 is 9.64 Å². The summed E-state index contributed by atoms with van der Waals surface area (Å²) >= 11 is 6.18. The molecule has 1 aliphatic rings. The number of ether oxygens (including phenoxy) is 2. The highest BCUT2D eigenvalue weighted by Crippen LogP contribution is 2.46. The van der Waals surface area contributed by atoms with Crippen molar-refractivity contribution in [2.45, 2.75) is 26.8 Å². The molecular formula is C26H25ClN4O3. The van der Waals surface area contributed by atoms with Gasteiger partial charge in [0.1, 0.15) is 0 Å². The number of hydrogen-bond donors (Lipinski definition) is 0. The number of methoxy groups -OCH3 is 2. The molecule has 3 heterocycles. The van der Waals surface area contributed by atoms with Gasteiger partial charge in [-0.05, 0) is 54.3 Å². The Morgan fingerprint density at radius 3 is 2.44 bits per heavy atom. The molecule has 0 fully saturated rings. The van der Waals surface area contributed by atoms with Crippen LogP contribution in [0.4, 0.5) is 11.6 Å². The molecule has 0 bridgehead atoms. The van der Waals surface area contributed by atoms with E-state index in [1.165, 1.54) is 7.11 Å². The van der Waals surface area contributed by atoms with E-state index in [1.54, 1.807) is 19.5 Å². The molecule has 5 rings (SSSR count). The van der Waals surface area contributed by atoms with Gasteiger partial charge in [-0.3, -0.25) is 4.79 Å². The van der Waals surface area contributed by atoms with Crippen LogP contribution in [0.15, 0.2) is 42.7 Å². The second kappa shape index (κ2) is 8.65. The van der Waals surface area contributed by atoms with Gasteiger partial charge >= 0.3 is 5.97 Å². The summed E-state index contributed by atoms with van der Waals surface area (Å²) in [6.45, 7) is 5.68. The molecule has 0 spiro atoms. The minimum atomic E-state index is -0.288. The Labute approximate surface area is 202 Å². The maximum atomic E-state index is 12.5. The summed E-state index contributed by atoms with van der Waals surface area (Å²) in [5.41, 5.74) is 7.24. The van der Waals surface area contributed by atoms with Crippen LogP contribution in [0.2, 0.25) is 5.02 Å². The van der Waals surface area contributed by atoms with Crippen LogP contribution in [0.1, 0.15) is 16.8 Å². The zero-order valence-electron chi connectivity index (χ0n) is 19.6. The van der Waals surface area contributed by atoms with Crippen molar-refractivity contribution in [1.82, 2.24) is 14.5 Å². The van der Waals surface area contributed by atoms with Gasteiger partial charge in [0.05, 0.1) is 44.2 Å². The van der Waals surface area contributed by atoms with Crippen molar-refractivity contribution in [2.75, 3.05) is 25.7 Å². The first-order valence-electron chi connectivity index (χ1n) is 11.0. The lowest BCUT2D eigenvalue weighted by Crippen LogP contribution is -2.30. The fourth-order valence-corrected chi connectivity index (χ4v) is 4.99. The molecule has 2 aromatic carbocycles. The van der Waals surface area contributed by atoms with Crippen LogP contribution in [0.3, 0.4) is 0 Å². The number of rotatable bonds is 5. The van der Waals surface area contributed by atoms with Crippen molar-refractivity contribution in [3.63, 3.8) is 0 Å². The molecule has 34 heavy (non-hydrogen) atoms. The molecule has 174 valence electrons. The highest BCUT2D eigenvalue weighted by Gasteiger charge is 2.30. The fourth-order valence-electron chi connectivity index (χ4n) is 4.86. The van der Waals surface area contributed by atoms with Gasteiger partial charge in [0.2, 0.25) is 5.95 Å². The van der Waals surface area contributed by atoms with Crippen LogP contribution >= 0.6 is 11.6 Å². The van der Waals surface area contributed by atoms with Gasteiger partial charge in [0.15, 0.2) is 5.75 Å². The first-order valence-corrected chi connectivity index (χ1v) is 11.4. The maximum absolute atomic E-state index is 12.5. The minimum absolute atomic E-state index is 0.158. The Kier molecular flexibility index (Phi) is 5.65. The number of esters is 1. The lowest BCUT2D eigenvalue weighted by Gasteiger charge is -2.33. The zero-order valence-corrected chi connectivity index (χ0v) is 20.3. The SMILES string of the molecule is COC(=O)Cc1c(C)c2c3c(cc(C)n3CCN2c2ncc(OC)cn2)c1-c1ccc(Cl)cc1. The molecule has 2 aromatic heterocycles. The standard InChI is InChI=1S/C26H25ClN4O3/c1-15-11-21-23(17-5-7-18(27)8-6-17)20(12-22(32)34-4)16(2)24-25(21)30(15)9-10-31(24)26-28-13-19(33-3)14-29-26/h5-8,11,13-14H,9-10,12H2,1-4H3. The van der Waals surface area contributed by atoms with Gasteiger partial charge in [-0.2, -0.15) is 0 Å². The average molecular weight is 477 g/mol. The molecule has 0 N–H and O–H groups in total. The highest BCUT2D eigenvalue weighted by molar-refractivity contribution is 6.30. The molecule has 0 unspecified atom stereocenters. The molecular weight excluding hydrogens is 452 g/mol. The number of carbonyl (C=O) groups is 1. The molecule has 0 atom stereocenters. The molecule has 4 aromatic rings. The lowest BCUT2D eigenvalue weighted by molar-refractivity contribution is -0.139. The van der Waals surface area contributed by atoms with E-state index in [9.17, 15) is 4.79 Å². The van der Waals surface area contributed by atoms with Crippen LogP contribution in [0.25, 0.3) is 22.0 Å².